The summed E-state index contributed by atoms with van der Waals surface area (Å²) >= 11 is 0. The van der Waals surface area contributed by atoms with Gasteiger partial charge in [-0.3, -0.25) is 0 Å². The Morgan fingerprint density at radius 3 is 1.41 bits per heavy atom. The largest absolute Gasteiger partial charge is 0.497 e. The van der Waals surface area contributed by atoms with Crippen LogP contribution in [0.25, 0.3) is 12.2 Å². The molecular formula is C32H50NO+. The van der Waals surface area contributed by atoms with E-state index in [4.69, 9.17) is 4.74 Å². The van der Waals surface area contributed by atoms with Gasteiger partial charge in [0.2, 0.25) is 0 Å². The van der Waals surface area contributed by atoms with E-state index in [0.717, 1.165) is 12.3 Å². The smallest absolute Gasteiger partial charge is 0.169 e. The van der Waals surface area contributed by atoms with Crippen molar-refractivity contribution in [3.63, 3.8) is 0 Å². The van der Waals surface area contributed by atoms with Gasteiger partial charge in [0.05, 0.1) is 7.11 Å². The molecule has 188 valence electrons. The summed E-state index contributed by atoms with van der Waals surface area (Å²) in [5.41, 5.74) is 2.42. The third-order valence-corrected chi connectivity index (χ3v) is 6.77. The Hall–Kier alpha value is -2.09. The van der Waals surface area contributed by atoms with Crippen LogP contribution in [0.1, 0.15) is 121 Å². The van der Waals surface area contributed by atoms with Gasteiger partial charge in [-0.2, -0.15) is 0 Å². The molecule has 0 aliphatic rings. The molecule has 0 aliphatic carbocycles. The summed E-state index contributed by atoms with van der Waals surface area (Å²) in [6, 6.07) is 12.6. The second kappa shape index (κ2) is 19.2. The monoisotopic (exact) mass is 464 g/mol. The minimum Gasteiger partial charge on any atom is -0.497 e. The highest BCUT2D eigenvalue weighted by atomic mass is 16.5. The van der Waals surface area contributed by atoms with E-state index in [1.807, 2.05) is 12.1 Å². The zero-order valence-corrected chi connectivity index (χ0v) is 22.1. The molecule has 1 heterocycles. The minimum atomic E-state index is 0.895. The van der Waals surface area contributed by atoms with Gasteiger partial charge in [-0.1, -0.05) is 121 Å². The molecule has 0 aliphatic heterocycles. The number of ether oxygens (including phenoxy) is 1. The molecule has 0 N–H and O–H groups in total. The highest BCUT2D eigenvalue weighted by molar-refractivity contribution is 5.69. The first kappa shape index (κ1) is 28.1. The number of hydrogen-bond donors (Lipinski definition) is 0. The Morgan fingerprint density at radius 2 is 0.971 bits per heavy atom. The molecule has 1 aromatic heterocycles. The summed E-state index contributed by atoms with van der Waals surface area (Å²) in [7, 11) is 1.70. The summed E-state index contributed by atoms with van der Waals surface area (Å²) in [5, 5.41) is 0. The SMILES string of the molecule is CCCCCCCCCCCCCCCCCC[n+]1ccc(/C=C/c2ccc(OC)cc2)cc1. The predicted octanol–water partition coefficient (Wildman–Crippen LogP) is 9.41. The van der Waals surface area contributed by atoms with Crippen LogP contribution in [0.4, 0.5) is 0 Å². The molecule has 34 heavy (non-hydrogen) atoms. The Bertz CT molecular complexity index is 748. The van der Waals surface area contributed by atoms with Crippen LogP contribution in [0, 0.1) is 0 Å². The number of methoxy groups -OCH3 is 1. The second-order valence-corrected chi connectivity index (χ2v) is 9.78. The van der Waals surface area contributed by atoms with Crippen molar-refractivity contribution in [3.05, 3.63) is 59.9 Å². The van der Waals surface area contributed by atoms with Gasteiger partial charge in [-0.25, -0.2) is 4.57 Å². The van der Waals surface area contributed by atoms with Crippen molar-refractivity contribution in [1.82, 2.24) is 0 Å². The summed E-state index contributed by atoms with van der Waals surface area (Å²) in [5.74, 6) is 0.895. The van der Waals surface area contributed by atoms with Crippen LogP contribution < -0.4 is 9.30 Å². The third kappa shape index (κ3) is 13.6. The normalized spacial score (nSPS) is 11.4. The van der Waals surface area contributed by atoms with Crippen LogP contribution in [0.2, 0.25) is 0 Å². The van der Waals surface area contributed by atoms with Gasteiger partial charge in [0.25, 0.3) is 0 Å². The van der Waals surface area contributed by atoms with Crippen LogP contribution >= 0.6 is 0 Å². The molecule has 0 saturated carbocycles. The van der Waals surface area contributed by atoms with Crippen molar-refractivity contribution >= 4 is 12.2 Å². The van der Waals surface area contributed by atoms with E-state index in [-0.39, 0.29) is 0 Å². The molecule has 0 unspecified atom stereocenters. The summed E-state index contributed by atoms with van der Waals surface area (Å²) in [6.07, 6.45) is 31.5. The molecule has 0 amide bonds. The predicted molar refractivity (Wildman–Crippen MR) is 148 cm³/mol. The van der Waals surface area contributed by atoms with Crippen LogP contribution in [0.5, 0.6) is 5.75 Å². The molecule has 1 aromatic carbocycles. The quantitative estimate of drug-likeness (QED) is 0.140. The summed E-state index contributed by atoms with van der Waals surface area (Å²) < 4.78 is 7.53. The maximum Gasteiger partial charge on any atom is 0.169 e. The van der Waals surface area contributed by atoms with Gasteiger partial charge >= 0.3 is 0 Å². The Balaban J connectivity index is 1.42. The lowest BCUT2D eigenvalue weighted by Gasteiger charge is -2.03. The first-order valence-electron chi connectivity index (χ1n) is 14.1. The lowest BCUT2D eigenvalue weighted by atomic mass is 10.0. The first-order valence-corrected chi connectivity index (χ1v) is 14.1. The molecule has 0 spiro atoms. The van der Waals surface area contributed by atoms with Crippen molar-refractivity contribution < 1.29 is 9.30 Å². The Kier molecular flexibility index (Phi) is 15.9. The number of rotatable bonds is 20. The van der Waals surface area contributed by atoms with Crippen molar-refractivity contribution in [2.45, 2.75) is 116 Å². The maximum absolute atomic E-state index is 5.21. The lowest BCUT2D eigenvalue weighted by molar-refractivity contribution is -0.697. The van der Waals surface area contributed by atoms with E-state index in [1.54, 1.807) is 7.11 Å². The van der Waals surface area contributed by atoms with E-state index in [0.29, 0.717) is 0 Å². The fourth-order valence-electron chi connectivity index (χ4n) is 4.48. The third-order valence-electron chi connectivity index (χ3n) is 6.77. The average molecular weight is 465 g/mol. The number of nitrogens with zero attached hydrogens (tertiary/aromatic N) is 1. The molecule has 0 atom stereocenters. The zero-order chi connectivity index (χ0) is 24.1. The first-order chi connectivity index (χ1) is 16.8. The maximum atomic E-state index is 5.21. The molecule has 0 fully saturated rings. The van der Waals surface area contributed by atoms with Gasteiger partial charge in [0.15, 0.2) is 12.4 Å². The van der Waals surface area contributed by atoms with E-state index >= 15 is 0 Å². The lowest BCUT2D eigenvalue weighted by Crippen LogP contribution is -2.32. The van der Waals surface area contributed by atoms with Gasteiger partial charge < -0.3 is 4.74 Å². The molecule has 0 radical (unpaired) electrons. The highest BCUT2D eigenvalue weighted by Gasteiger charge is 2.00. The van der Waals surface area contributed by atoms with Crippen molar-refractivity contribution in [1.29, 1.82) is 0 Å². The van der Waals surface area contributed by atoms with E-state index in [9.17, 15) is 0 Å². The highest BCUT2D eigenvalue weighted by Crippen LogP contribution is 2.15. The number of aromatic nitrogens is 1. The van der Waals surface area contributed by atoms with Crippen molar-refractivity contribution in [2.24, 2.45) is 0 Å². The van der Waals surface area contributed by atoms with Gasteiger partial charge in [-0.05, 0) is 29.7 Å². The van der Waals surface area contributed by atoms with Crippen molar-refractivity contribution in [3.8, 4) is 5.75 Å². The molecule has 0 bridgehead atoms. The van der Waals surface area contributed by atoms with Gasteiger partial charge in [-0.15, -0.1) is 0 Å². The molecule has 2 heteroatoms. The van der Waals surface area contributed by atoms with E-state index in [2.05, 4.69) is 60.3 Å². The van der Waals surface area contributed by atoms with Gasteiger partial charge in [0.1, 0.15) is 12.3 Å². The van der Waals surface area contributed by atoms with Crippen LogP contribution in [0.15, 0.2) is 48.8 Å². The molecular weight excluding hydrogens is 414 g/mol. The van der Waals surface area contributed by atoms with Crippen LogP contribution in [0.3, 0.4) is 0 Å². The van der Waals surface area contributed by atoms with Crippen LogP contribution in [-0.2, 0) is 6.54 Å². The number of pyridine rings is 1. The molecule has 2 rings (SSSR count). The van der Waals surface area contributed by atoms with Gasteiger partial charge in [0, 0.05) is 18.6 Å². The number of unbranched alkanes of at least 4 members (excludes halogenated alkanes) is 15. The minimum absolute atomic E-state index is 0.895. The molecule has 2 nitrogen and oxygen atoms in total. The summed E-state index contributed by atoms with van der Waals surface area (Å²) in [4.78, 5) is 0. The van der Waals surface area contributed by atoms with Crippen molar-refractivity contribution in [2.75, 3.05) is 7.11 Å². The molecule has 0 saturated heterocycles. The van der Waals surface area contributed by atoms with E-state index in [1.165, 1.54) is 114 Å². The fraction of sp³-hybridized carbons (Fsp3) is 0.594. The zero-order valence-electron chi connectivity index (χ0n) is 22.1. The average Bonchev–Trinajstić information content (AvgIpc) is 2.88. The summed E-state index contributed by atoms with van der Waals surface area (Å²) in [6.45, 7) is 3.42. The van der Waals surface area contributed by atoms with E-state index < -0.39 is 0 Å². The Morgan fingerprint density at radius 1 is 0.559 bits per heavy atom. The molecule has 2 aromatic rings. The second-order valence-electron chi connectivity index (χ2n) is 9.78. The standard InChI is InChI=1S/C32H50NO/c1-3-4-5-6-7-8-9-10-11-12-13-14-15-16-17-18-27-33-28-25-31(26-29-33)20-19-30-21-23-32(34-2)24-22-30/h19-26,28-29H,3-18,27H2,1-2H3/q+1/b20-19+. The van der Waals surface area contributed by atoms with Crippen LogP contribution in [-0.4, -0.2) is 7.11 Å². The number of hydrogen-bond acceptors (Lipinski definition) is 1. The number of benzene rings is 1. The topological polar surface area (TPSA) is 13.1 Å². The number of aryl methyl sites for hydroxylation is 1. The fourth-order valence-corrected chi connectivity index (χ4v) is 4.48. The Labute approximate surface area is 210 Å².